The molecule has 1 aromatic heterocycles. The molecule has 1 fully saturated rings. The zero-order chi connectivity index (χ0) is 14.5. The van der Waals surface area contributed by atoms with Crippen molar-refractivity contribution in [1.29, 1.82) is 0 Å². The Hall–Kier alpha value is -0.800. The molecule has 0 radical (unpaired) electrons. The molecule has 0 saturated carbocycles. The standard InChI is InChI=1S/C17H30N2O/c1-13(2)10-18-11-16-9-17(20-15(16)4)12-19-8-6-5-7-14(19)3/h9,13-14,18H,5-8,10-12H2,1-4H3. The first kappa shape index (κ1) is 15.6. The van der Waals surface area contributed by atoms with Crippen LogP contribution in [-0.2, 0) is 13.1 Å². The normalized spacial score (nSPS) is 20.8. The first-order valence-corrected chi connectivity index (χ1v) is 8.09. The largest absolute Gasteiger partial charge is 0.465 e. The van der Waals surface area contributed by atoms with E-state index in [4.69, 9.17) is 4.42 Å². The van der Waals surface area contributed by atoms with Crippen molar-refractivity contribution < 1.29 is 4.42 Å². The van der Waals surface area contributed by atoms with Crippen molar-refractivity contribution in [2.45, 2.75) is 66.1 Å². The van der Waals surface area contributed by atoms with Crippen molar-refractivity contribution >= 4 is 0 Å². The van der Waals surface area contributed by atoms with Gasteiger partial charge in [-0.15, -0.1) is 0 Å². The molecule has 20 heavy (non-hydrogen) atoms. The van der Waals surface area contributed by atoms with Gasteiger partial charge in [-0.1, -0.05) is 20.3 Å². The fourth-order valence-corrected chi connectivity index (χ4v) is 2.93. The van der Waals surface area contributed by atoms with Crippen LogP contribution in [0.5, 0.6) is 0 Å². The zero-order valence-corrected chi connectivity index (χ0v) is 13.5. The number of piperidine rings is 1. The Balaban J connectivity index is 1.89. The lowest BCUT2D eigenvalue weighted by atomic mass is 10.0. The molecule has 1 aliphatic rings. The molecule has 1 aliphatic heterocycles. The molecule has 3 heteroatoms. The van der Waals surface area contributed by atoms with Gasteiger partial charge in [0.25, 0.3) is 0 Å². The van der Waals surface area contributed by atoms with E-state index in [1.807, 2.05) is 0 Å². The van der Waals surface area contributed by atoms with Crippen LogP contribution in [-0.4, -0.2) is 24.0 Å². The number of aryl methyl sites for hydroxylation is 1. The van der Waals surface area contributed by atoms with Crippen molar-refractivity contribution in [2.75, 3.05) is 13.1 Å². The summed E-state index contributed by atoms with van der Waals surface area (Å²) in [6.45, 7) is 13.0. The van der Waals surface area contributed by atoms with Crippen LogP contribution in [0.2, 0.25) is 0 Å². The van der Waals surface area contributed by atoms with Crippen LogP contribution < -0.4 is 5.32 Å². The van der Waals surface area contributed by atoms with Gasteiger partial charge in [-0.25, -0.2) is 0 Å². The molecule has 1 N–H and O–H groups in total. The van der Waals surface area contributed by atoms with E-state index in [9.17, 15) is 0 Å². The highest BCUT2D eigenvalue weighted by atomic mass is 16.3. The van der Waals surface area contributed by atoms with E-state index in [-0.39, 0.29) is 0 Å². The molecule has 0 aliphatic carbocycles. The number of hydrogen-bond acceptors (Lipinski definition) is 3. The maximum atomic E-state index is 5.94. The summed E-state index contributed by atoms with van der Waals surface area (Å²) in [6, 6.07) is 2.93. The summed E-state index contributed by atoms with van der Waals surface area (Å²) in [6.07, 6.45) is 4.02. The van der Waals surface area contributed by atoms with Gasteiger partial charge in [-0.05, 0) is 51.8 Å². The smallest absolute Gasteiger partial charge is 0.118 e. The van der Waals surface area contributed by atoms with Gasteiger partial charge in [0.15, 0.2) is 0 Å². The topological polar surface area (TPSA) is 28.4 Å². The highest BCUT2D eigenvalue weighted by Gasteiger charge is 2.20. The van der Waals surface area contributed by atoms with Crippen molar-refractivity contribution in [2.24, 2.45) is 5.92 Å². The summed E-state index contributed by atoms with van der Waals surface area (Å²) < 4.78 is 5.94. The van der Waals surface area contributed by atoms with Crippen LogP contribution in [0.25, 0.3) is 0 Å². The average Bonchev–Trinajstić information content (AvgIpc) is 2.72. The molecule has 0 bridgehead atoms. The molecule has 2 heterocycles. The van der Waals surface area contributed by atoms with Gasteiger partial charge in [-0.3, -0.25) is 4.90 Å². The fraction of sp³-hybridized carbons (Fsp3) is 0.765. The lowest BCUT2D eigenvalue weighted by molar-refractivity contribution is 0.141. The number of rotatable bonds is 6. The fourth-order valence-electron chi connectivity index (χ4n) is 2.93. The molecule has 1 unspecified atom stereocenters. The van der Waals surface area contributed by atoms with Crippen molar-refractivity contribution in [3.05, 3.63) is 23.2 Å². The Morgan fingerprint density at radius 3 is 2.90 bits per heavy atom. The van der Waals surface area contributed by atoms with Gasteiger partial charge >= 0.3 is 0 Å². The quantitative estimate of drug-likeness (QED) is 0.860. The van der Waals surface area contributed by atoms with Crippen LogP contribution in [0.15, 0.2) is 10.5 Å². The second-order valence-electron chi connectivity index (χ2n) is 6.63. The minimum Gasteiger partial charge on any atom is -0.465 e. The average molecular weight is 278 g/mol. The Labute approximate surface area is 123 Å². The third-order valence-electron chi connectivity index (χ3n) is 4.24. The summed E-state index contributed by atoms with van der Waals surface area (Å²) in [4.78, 5) is 2.55. The predicted molar refractivity (Wildman–Crippen MR) is 83.7 cm³/mol. The molecular formula is C17H30N2O. The number of nitrogens with one attached hydrogen (secondary N) is 1. The van der Waals surface area contributed by atoms with Crippen LogP contribution in [0.1, 0.15) is 57.1 Å². The van der Waals surface area contributed by atoms with Gasteiger partial charge in [0.2, 0.25) is 0 Å². The Morgan fingerprint density at radius 2 is 2.20 bits per heavy atom. The first-order valence-electron chi connectivity index (χ1n) is 8.09. The molecule has 0 spiro atoms. The van der Waals surface area contributed by atoms with Crippen LogP contribution in [0.3, 0.4) is 0 Å². The van der Waals surface area contributed by atoms with Gasteiger partial charge in [0.1, 0.15) is 11.5 Å². The van der Waals surface area contributed by atoms with E-state index in [0.717, 1.165) is 31.2 Å². The Kier molecular flexibility index (Phi) is 5.67. The Morgan fingerprint density at radius 1 is 1.40 bits per heavy atom. The van der Waals surface area contributed by atoms with Gasteiger partial charge in [0, 0.05) is 18.2 Å². The van der Waals surface area contributed by atoms with Crippen molar-refractivity contribution in [3.63, 3.8) is 0 Å². The maximum absolute atomic E-state index is 5.94. The third kappa shape index (κ3) is 4.35. The molecule has 114 valence electrons. The third-order valence-corrected chi connectivity index (χ3v) is 4.24. The molecule has 3 nitrogen and oxygen atoms in total. The van der Waals surface area contributed by atoms with Crippen LogP contribution >= 0.6 is 0 Å². The van der Waals surface area contributed by atoms with E-state index in [1.165, 1.54) is 31.4 Å². The summed E-state index contributed by atoms with van der Waals surface area (Å²) in [5.74, 6) is 2.88. The van der Waals surface area contributed by atoms with Crippen LogP contribution in [0, 0.1) is 12.8 Å². The van der Waals surface area contributed by atoms with Gasteiger partial charge in [-0.2, -0.15) is 0 Å². The number of hydrogen-bond donors (Lipinski definition) is 1. The molecule has 1 saturated heterocycles. The lowest BCUT2D eigenvalue weighted by Crippen LogP contribution is -2.36. The van der Waals surface area contributed by atoms with Crippen LogP contribution in [0.4, 0.5) is 0 Å². The monoisotopic (exact) mass is 278 g/mol. The van der Waals surface area contributed by atoms with Crippen molar-refractivity contribution in [1.82, 2.24) is 10.2 Å². The first-order chi connectivity index (χ1) is 9.56. The molecule has 0 amide bonds. The second-order valence-corrected chi connectivity index (χ2v) is 6.63. The number of furan rings is 1. The lowest BCUT2D eigenvalue weighted by Gasteiger charge is -2.32. The van der Waals surface area contributed by atoms with E-state index >= 15 is 0 Å². The van der Waals surface area contributed by atoms with E-state index in [1.54, 1.807) is 0 Å². The zero-order valence-electron chi connectivity index (χ0n) is 13.5. The van der Waals surface area contributed by atoms with Gasteiger partial charge < -0.3 is 9.73 Å². The van der Waals surface area contributed by atoms with E-state index in [2.05, 4.69) is 44.0 Å². The minimum atomic E-state index is 0.691. The van der Waals surface area contributed by atoms with E-state index in [0.29, 0.717) is 12.0 Å². The maximum Gasteiger partial charge on any atom is 0.118 e. The summed E-state index contributed by atoms with van der Waals surface area (Å²) in [5, 5.41) is 3.49. The molecule has 2 rings (SSSR count). The SMILES string of the molecule is Cc1oc(CN2CCCCC2C)cc1CNCC(C)C. The number of likely N-dealkylation sites (tertiary alicyclic amines) is 1. The highest BCUT2D eigenvalue weighted by Crippen LogP contribution is 2.22. The van der Waals surface area contributed by atoms with Gasteiger partial charge in [0.05, 0.1) is 6.54 Å². The second kappa shape index (κ2) is 7.28. The Bertz CT molecular complexity index is 411. The van der Waals surface area contributed by atoms with E-state index < -0.39 is 0 Å². The summed E-state index contributed by atoms with van der Waals surface area (Å²) in [5.41, 5.74) is 1.31. The number of nitrogens with zero attached hydrogens (tertiary/aromatic N) is 1. The summed E-state index contributed by atoms with van der Waals surface area (Å²) in [7, 11) is 0. The molecule has 1 aromatic rings. The summed E-state index contributed by atoms with van der Waals surface area (Å²) >= 11 is 0. The van der Waals surface area contributed by atoms with Crippen molar-refractivity contribution in [3.8, 4) is 0 Å². The predicted octanol–water partition coefficient (Wildman–Crippen LogP) is 3.71. The minimum absolute atomic E-state index is 0.691. The highest BCUT2D eigenvalue weighted by molar-refractivity contribution is 5.20. The molecular weight excluding hydrogens is 248 g/mol. The molecule has 1 atom stereocenters. The molecule has 0 aromatic carbocycles.